The molecule has 8 heteroatoms. The predicted molar refractivity (Wildman–Crippen MR) is 99.0 cm³/mol. The summed E-state index contributed by atoms with van der Waals surface area (Å²) in [6.45, 7) is 3.95. The van der Waals surface area contributed by atoms with Crippen LogP contribution in [0, 0.1) is 0 Å². The summed E-state index contributed by atoms with van der Waals surface area (Å²) in [5.41, 5.74) is 2.80. The van der Waals surface area contributed by atoms with Crippen molar-refractivity contribution in [2.24, 2.45) is 5.10 Å². The summed E-state index contributed by atoms with van der Waals surface area (Å²) in [7, 11) is 0. The summed E-state index contributed by atoms with van der Waals surface area (Å²) in [6.07, 6.45) is -3.49. The van der Waals surface area contributed by atoms with Gasteiger partial charge >= 0.3 is 6.18 Å². The standard InChI is InChI=1S/C20H20F3N3O2/c21-20(22,23)18-4-2-1-3-17(18)13-24-25-19(27)16-7-5-15(6-8-16)14-26-9-11-28-12-10-26/h1-8,13H,9-12,14H2,(H,25,27)/b24-13+. The van der Waals surface area contributed by atoms with Crippen LogP contribution in [0.1, 0.15) is 27.0 Å². The highest BCUT2D eigenvalue weighted by molar-refractivity contribution is 5.95. The number of ether oxygens (including phenoxy) is 1. The van der Waals surface area contributed by atoms with Gasteiger partial charge < -0.3 is 4.74 Å². The Morgan fingerprint density at radius 1 is 1.11 bits per heavy atom. The molecule has 2 aromatic rings. The molecule has 1 N–H and O–H groups in total. The third-order valence-corrected chi connectivity index (χ3v) is 4.36. The van der Waals surface area contributed by atoms with Crippen LogP contribution >= 0.6 is 0 Å². The first-order valence-corrected chi connectivity index (χ1v) is 8.82. The molecular formula is C20H20F3N3O2. The molecule has 1 fully saturated rings. The number of hydrogen-bond acceptors (Lipinski definition) is 4. The van der Waals surface area contributed by atoms with E-state index < -0.39 is 17.6 Å². The van der Waals surface area contributed by atoms with Crippen molar-refractivity contribution in [2.75, 3.05) is 26.3 Å². The van der Waals surface area contributed by atoms with E-state index in [0.717, 1.165) is 50.7 Å². The number of carbonyl (C=O) groups excluding carboxylic acids is 1. The molecule has 1 aliphatic rings. The average Bonchev–Trinajstić information content (AvgIpc) is 2.69. The second kappa shape index (κ2) is 8.99. The van der Waals surface area contributed by atoms with Crippen LogP contribution in [0.25, 0.3) is 0 Å². The van der Waals surface area contributed by atoms with Gasteiger partial charge in [0, 0.05) is 30.8 Å². The number of nitrogens with one attached hydrogen (secondary N) is 1. The highest BCUT2D eigenvalue weighted by atomic mass is 19.4. The molecule has 1 amide bonds. The number of carbonyl (C=O) groups is 1. The molecule has 3 rings (SSSR count). The number of nitrogens with zero attached hydrogens (tertiary/aromatic N) is 2. The lowest BCUT2D eigenvalue weighted by Crippen LogP contribution is -2.35. The molecule has 2 aromatic carbocycles. The highest BCUT2D eigenvalue weighted by Crippen LogP contribution is 2.31. The quantitative estimate of drug-likeness (QED) is 0.629. The summed E-state index contributed by atoms with van der Waals surface area (Å²) < 4.78 is 44.2. The number of benzene rings is 2. The van der Waals surface area contributed by atoms with Gasteiger partial charge in [0.25, 0.3) is 5.91 Å². The molecule has 0 saturated carbocycles. The minimum Gasteiger partial charge on any atom is -0.379 e. The van der Waals surface area contributed by atoms with Crippen molar-refractivity contribution in [3.8, 4) is 0 Å². The van der Waals surface area contributed by atoms with Gasteiger partial charge in [-0.3, -0.25) is 9.69 Å². The maximum absolute atomic E-state index is 12.9. The van der Waals surface area contributed by atoms with Gasteiger partial charge in [-0.05, 0) is 23.8 Å². The topological polar surface area (TPSA) is 53.9 Å². The Balaban J connectivity index is 1.58. The summed E-state index contributed by atoms with van der Waals surface area (Å²) >= 11 is 0. The van der Waals surface area contributed by atoms with Gasteiger partial charge in [0.2, 0.25) is 0 Å². The Morgan fingerprint density at radius 2 is 1.79 bits per heavy atom. The van der Waals surface area contributed by atoms with Crippen LogP contribution in [0.5, 0.6) is 0 Å². The van der Waals surface area contributed by atoms with Gasteiger partial charge in [-0.2, -0.15) is 18.3 Å². The number of amides is 1. The molecular weight excluding hydrogens is 371 g/mol. The van der Waals surface area contributed by atoms with E-state index >= 15 is 0 Å². The predicted octanol–water partition coefficient (Wildman–Crippen LogP) is 3.30. The lowest BCUT2D eigenvalue weighted by atomic mass is 10.1. The molecule has 0 radical (unpaired) electrons. The van der Waals surface area contributed by atoms with E-state index in [-0.39, 0.29) is 5.56 Å². The third-order valence-electron chi connectivity index (χ3n) is 4.36. The van der Waals surface area contributed by atoms with Crippen molar-refractivity contribution < 1.29 is 22.7 Å². The Hall–Kier alpha value is -2.71. The third kappa shape index (κ3) is 5.40. The Labute approximate surface area is 160 Å². The van der Waals surface area contributed by atoms with Crippen molar-refractivity contribution in [2.45, 2.75) is 12.7 Å². The summed E-state index contributed by atoms with van der Waals surface area (Å²) in [5.74, 6) is -0.487. The van der Waals surface area contributed by atoms with Crippen LogP contribution in [-0.4, -0.2) is 43.3 Å². The van der Waals surface area contributed by atoms with Gasteiger partial charge in [-0.15, -0.1) is 0 Å². The van der Waals surface area contributed by atoms with Crippen LogP contribution < -0.4 is 5.43 Å². The Kier molecular flexibility index (Phi) is 6.43. The largest absolute Gasteiger partial charge is 0.417 e. The van der Waals surface area contributed by atoms with Gasteiger partial charge in [0.15, 0.2) is 0 Å². The van der Waals surface area contributed by atoms with Gasteiger partial charge in [0.05, 0.1) is 25.0 Å². The van der Waals surface area contributed by atoms with Crippen molar-refractivity contribution >= 4 is 12.1 Å². The van der Waals surface area contributed by atoms with Crippen molar-refractivity contribution in [1.29, 1.82) is 0 Å². The molecule has 1 saturated heterocycles. The normalized spacial score (nSPS) is 15.7. The number of alkyl halides is 3. The summed E-state index contributed by atoms with van der Waals surface area (Å²) in [5, 5.41) is 3.66. The zero-order chi connectivity index (χ0) is 20.0. The number of morpholine rings is 1. The Bertz CT molecular complexity index is 829. The first kappa shape index (κ1) is 20.0. The van der Waals surface area contributed by atoms with Crippen LogP contribution in [0.3, 0.4) is 0 Å². The molecule has 28 heavy (non-hydrogen) atoms. The summed E-state index contributed by atoms with van der Waals surface area (Å²) in [6, 6.07) is 12.1. The fourth-order valence-corrected chi connectivity index (χ4v) is 2.87. The van der Waals surface area contributed by atoms with Gasteiger partial charge in [0.1, 0.15) is 0 Å². The van der Waals surface area contributed by atoms with Crippen molar-refractivity contribution in [3.05, 3.63) is 70.8 Å². The second-order valence-electron chi connectivity index (χ2n) is 6.37. The molecule has 0 atom stereocenters. The monoisotopic (exact) mass is 391 g/mol. The SMILES string of the molecule is O=C(N/N=C/c1ccccc1C(F)(F)F)c1ccc(CN2CCOCC2)cc1. The molecule has 0 unspecified atom stereocenters. The van der Waals surface area contributed by atoms with E-state index in [0.29, 0.717) is 5.56 Å². The second-order valence-corrected chi connectivity index (χ2v) is 6.37. The van der Waals surface area contributed by atoms with Crippen LogP contribution in [0.15, 0.2) is 53.6 Å². The minimum absolute atomic E-state index is 0.115. The molecule has 0 spiro atoms. The van der Waals surface area contributed by atoms with Crippen LogP contribution in [0.4, 0.5) is 13.2 Å². The lowest BCUT2D eigenvalue weighted by molar-refractivity contribution is -0.137. The Morgan fingerprint density at radius 3 is 2.46 bits per heavy atom. The van der Waals surface area contributed by atoms with E-state index in [9.17, 15) is 18.0 Å². The van der Waals surface area contributed by atoms with E-state index in [2.05, 4.69) is 15.4 Å². The fraction of sp³-hybridized carbons (Fsp3) is 0.300. The number of hydrazone groups is 1. The van der Waals surface area contributed by atoms with Crippen LogP contribution in [0.2, 0.25) is 0 Å². The smallest absolute Gasteiger partial charge is 0.379 e. The maximum Gasteiger partial charge on any atom is 0.417 e. The lowest BCUT2D eigenvalue weighted by Gasteiger charge is -2.26. The minimum atomic E-state index is -4.48. The molecule has 0 aliphatic carbocycles. The van der Waals surface area contributed by atoms with E-state index in [1.54, 1.807) is 12.1 Å². The van der Waals surface area contributed by atoms with Crippen LogP contribution in [-0.2, 0) is 17.5 Å². The van der Waals surface area contributed by atoms with Crippen molar-refractivity contribution in [1.82, 2.24) is 10.3 Å². The van der Waals surface area contributed by atoms with E-state index in [4.69, 9.17) is 4.74 Å². The molecule has 0 bridgehead atoms. The summed E-state index contributed by atoms with van der Waals surface area (Å²) in [4.78, 5) is 14.4. The number of hydrogen-bond donors (Lipinski definition) is 1. The molecule has 1 aliphatic heterocycles. The highest BCUT2D eigenvalue weighted by Gasteiger charge is 2.32. The molecule has 5 nitrogen and oxygen atoms in total. The first-order valence-electron chi connectivity index (χ1n) is 8.82. The fourth-order valence-electron chi connectivity index (χ4n) is 2.87. The number of halogens is 3. The maximum atomic E-state index is 12.9. The van der Waals surface area contributed by atoms with E-state index in [1.165, 1.54) is 18.2 Å². The average molecular weight is 391 g/mol. The molecule has 148 valence electrons. The first-order chi connectivity index (χ1) is 13.4. The number of rotatable bonds is 5. The van der Waals surface area contributed by atoms with E-state index in [1.807, 2.05) is 12.1 Å². The molecule has 1 heterocycles. The molecule has 0 aromatic heterocycles. The zero-order valence-corrected chi connectivity index (χ0v) is 15.1. The van der Waals surface area contributed by atoms with Crippen molar-refractivity contribution in [3.63, 3.8) is 0 Å². The van der Waals surface area contributed by atoms with Gasteiger partial charge in [-0.1, -0.05) is 30.3 Å². The van der Waals surface area contributed by atoms with Gasteiger partial charge in [-0.25, -0.2) is 5.43 Å². The zero-order valence-electron chi connectivity index (χ0n) is 15.1.